The maximum absolute atomic E-state index is 10.3. The molecule has 2 rings (SSSR count). The van der Waals surface area contributed by atoms with Gasteiger partial charge in [-0.15, -0.1) is 0 Å². The summed E-state index contributed by atoms with van der Waals surface area (Å²) >= 11 is 0. The Bertz CT molecular complexity index is 305. The first-order chi connectivity index (χ1) is 10.6. The van der Waals surface area contributed by atoms with Crippen molar-refractivity contribution in [2.24, 2.45) is 0 Å². The molecule has 2 fully saturated rings. The van der Waals surface area contributed by atoms with Gasteiger partial charge in [0.2, 0.25) is 0 Å². The Kier molecular flexibility index (Phi) is 7.49. The van der Waals surface area contributed by atoms with Gasteiger partial charge in [-0.1, -0.05) is 0 Å². The summed E-state index contributed by atoms with van der Waals surface area (Å²) in [4.78, 5) is 8.90. The highest BCUT2D eigenvalue weighted by Crippen LogP contribution is 2.12. The van der Waals surface area contributed by atoms with Crippen molar-refractivity contribution < 1.29 is 14.9 Å². The van der Waals surface area contributed by atoms with Crippen molar-refractivity contribution in [3.8, 4) is 0 Å². The van der Waals surface area contributed by atoms with Gasteiger partial charge in [0.25, 0.3) is 0 Å². The van der Waals surface area contributed by atoms with E-state index >= 15 is 0 Å². The minimum absolute atomic E-state index is 0.0965. The fraction of sp³-hybridized carbons (Fsp3) is 1.00. The molecule has 0 aromatic rings. The van der Waals surface area contributed by atoms with E-state index in [1.54, 1.807) is 0 Å². The van der Waals surface area contributed by atoms with Crippen LogP contribution in [0, 0.1) is 0 Å². The summed E-state index contributed by atoms with van der Waals surface area (Å²) < 4.78 is 5.94. The summed E-state index contributed by atoms with van der Waals surface area (Å²) in [6.07, 6.45) is -0.0534. The van der Waals surface area contributed by atoms with Crippen molar-refractivity contribution >= 4 is 0 Å². The fourth-order valence-electron chi connectivity index (χ4n) is 3.01. The number of nitrogens with zero attached hydrogens (tertiary/aromatic N) is 4. The smallest absolute Gasteiger partial charge is 0.131 e. The van der Waals surface area contributed by atoms with E-state index in [0.717, 1.165) is 52.4 Å². The molecule has 2 aliphatic heterocycles. The molecule has 7 heteroatoms. The molecule has 0 saturated carbocycles. The topological polar surface area (TPSA) is 62.7 Å². The summed E-state index contributed by atoms with van der Waals surface area (Å²) in [5.41, 5.74) is 0. The van der Waals surface area contributed by atoms with Crippen LogP contribution in [0.25, 0.3) is 0 Å². The number of hydrogen-bond acceptors (Lipinski definition) is 7. The second-order valence-electron chi connectivity index (χ2n) is 6.46. The lowest BCUT2D eigenvalue weighted by Crippen LogP contribution is -2.53. The van der Waals surface area contributed by atoms with Crippen LogP contribution in [0.3, 0.4) is 0 Å². The van der Waals surface area contributed by atoms with Gasteiger partial charge in [-0.3, -0.25) is 9.80 Å². The molecule has 0 aromatic heterocycles. The van der Waals surface area contributed by atoms with E-state index in [1.807, 2.05) is 0 Å². The van der Waals surface area contributed by atoms with Crippen LogP contribution in [0.1, 0.15) is 6.42 Å². The SMILES string of the molecule is CN1CCN(C(O)COC(CCO)N2CCN(C)CC2)CC1. The Morgan fingerprint density at radius 1 is 0.864 bits per heavy atom. The number of aliphatic hydroxyl groups is 2. The average molecular weight is 316 g/mol. The Morgan fingerprint density at radius 3 is 1.86 bits per heavy atom. The van der Waals surface area contributed by atoms with Crippen molar-refractivity contribution in [3.05, 3.63) is 0 Å². The van der Waals surface area contributed by atoms with Gasteiger partial charge in [-0.25, -0.2) is 0 Å². The molecule has 0 aromatic carbocycles. The van der Waals surface area contributed by atoms with Gasteiger partial charge in [-0.2, -0.15) is 0 Å². The minimum atomic E-state index is -0.553. The zero-order valence-electron chi connectivity index (χ0n) is 14.0. The number of hydrogen-bond donors (Lipinski definition) is 2. The third kappa shape index (κ3) is 5.42. The quantitative estimate of drug-likeness (QED) is 0.594. The van der Waals surface area contributed by atoms with E-state index in [2.05, 4.69) is 33.7 Å². The molecule has 0 bridgehead atoms. The monoisotopic (exact) mass is 316 g/mol. The predicted octanol–water partition coefficient (Wildman–Crippen LogP) is -1.48. The number of aliphatic hydroxyl groups excluding tert-OH is 2. The Labute approximate surface area is 134 Å². The summed E-state index contributed by atoms with van der Waals surface area (Å²) in [5.74, 6) is 0. The van der Waals surface area contributed by atoms with Gasteiger partial charge in [0.15, 0.2) is 0 Å². The van der Waals surface area contributed by atoms with Crippen LogP contribution in [0.4, 0.5) is 0 Å². The lowest BCUT2D eigenvalue weighted by molar-refractivity contribution is -0.138. The number of ether oxygens (including phenoxy) is 1. The van der Waals surface area contributed by atoms with Gasteiger partial charge in [0, 0.05) is 65.4 Å². The van der Waals surface area contributed by atoms with E-state index in [1.165, 1.54) is 0 Å². The fourth-order valence-corrected chi connectivity index (χ4v) is 3.01. The lowest BCUT2D eigenvalue weighted by atomic mass is 10.2. The summed E-state index contributed by atoms with van der Waals surface area (Å²) in [6, 6.07) is 0. The summed E-state index contributed by atoms with van der Waals surface area (Å²) in [6.45, 7) is 8.07. The second-order valence-corrected chi connectivity index (χ2v) is 6.46. The Balaban J connectivity index is 1.75. The molecule has 7 nitrogen and oxygen atoms in total. The number of piperazine rings is 2. The number of likely N-dealkylation sites (N-methyl/N-ethyl adjacent to an activating group) is 2. The molecular weight excluding hydrogens is 284 g/mol. The third-order valence-corrected chi connectivity index (χ3v) is 4.72. The maximum Gasteiger partial charge on any atom is 0.131 e. The number of rotatable bonds is 7. The predicted molar refractivity (Wildman–Crippen MR) is 85.6 cm³/mol. The van der Waals surface area contributed by atoms with Crippen LogP contribution in [0.5, 0.6) is 0 Å². The van der Waals surface area contributed by atoms with E-state index in [-0.39, 0.29) is 12.8 Å². The molecular formula is C15H32N4O3. The van der Waals surface area contributed by atoms with Gasteiger partial charge >= 0.3 is 0 Å². The molecule has 0 radical (unpaired) electrons. The van der Waals surface area contributed by atoms with E-state index < -0.39 is 6.23 Å². The van der Waals surface area contributed by atoms with Crippen LogP contribution >= 0.6 is 0 Å². The van der Waals surface area contributed by atoms with Crippen LogP contribution in [0.15, 0.2) is 0 Å². The first kappa shape index (κ1) is 18.1. The average Bonchev–Trinajstić information content (AvgIpc) is 2.53. The Morgan fingerprint density at radius 2 is 1.36 bits per heavy atom. The molecule has 0 aliphatic carbocycles. The molecule has 130 valence electrons. The second kappa shape index (κ2) is 9.12. The van der Waals surface area contributed by atoms with Crippen molar-refractivity contribution in [2.45, 2.75) is 18.9 Å². The molecule has 2 aliphatic rings. The molecule has 2 N–H and O–H groups in total. The standard InChI is InChI=1S/C15H32N4O3/c1-16-4-8-18(9-5-16)14(21)13-22-15(3-12-20)19-10-6-17(2)7-11-19/h14-15,20-21H,3-13H2,1-2H3. The van der Waals surface area contributed by atoms with Gasteiger partial charge in [-0.05, 0) is 14.1 Å². The van der Waals surface area contributed by atoms with Crippen LogP contribution in [-0.4, -0.2) is 122 Å². The van der Waals surface area contributed by atoms with Crippen LogP contribution < -0.4 is 0 Å². The van der Waals surface area contributed by atoms with E-state index in [0.29, 0.717) is 13.0 Å². The van der Waals surface area contributed by atoms with Gasteiger partial charge in [0.1, 0.15) is 12.5 Å². The molecule has 2 saturated heterocycles. The zero-order chi connectivity index (χ0) is 15.9. The lowest BCUT2D eigenvalue weighted by Gasteiger charge is -2.39. The summed E-state index contributed by atoms with van der Waals surface area (Å²) in [5, 5.41) is 19.6. The van der Waals surface area contributed by atoms with Crippen molar-refractivity contribution in [3.63, 3.8) is 0 Å². The highest BCUT2D eigenvalue weighted by molar-refractivity contribution is 4.74. The highest BCUT2D eigenvalue weighted by Gasteiger charge is 2.25. The molecule has 2 unspecified atom stereocenters. The van der Waals surface area contributed by atoms with Crippen molar-refractivity contribution in [2.75, 3.05) is 79.7 Å². The molecule has 2 atom stereocenters. The zero-order valence-corrected chi connectivity index (χ0v) is 14.0. The highest BCUT2D eigenvalue weighted by atomic mass is 16.5. The summed E-state index contributed by atoms with van der Waals surface area (Å²) in [7, 11) is 4.22. The molecule has 0 spiro atoms. The molecule has 22 heavy (non-hydrogen) atoms. The normalized spacial score (nSPS) is 26.2. The Hall–Kier alpha value is -0.280. The molecule has 0 amide bonds. The minimum Gasteiger partial charge on any atom is -0.396 e. The van der Waals surface area contributed by atoms with E-state index in [9.17, 15) is 10.2 Å². The molecule has 2 heterocycles. The third-order valence-electron chi connectivity index (χ3n) is 4.72. The van der Waals surface area contributed by atoms with Crippen molar-refractivity contribution in [1.29, 1.82) is 0 Å². The van der Waals surface area contributed by atoms with E-state index in [4.69, 9.17) is 4.74 Å². The first-order valence-corrected chi connectivity index (χ1v) is 8.36. The van der Waals surface area contributed by atoms with Gasteiger partial charge in [0.05, 0.1) is 6.61 Å². The van der Waals surface area contributed by atoms with Crippen LogP contribution in [0.2, 0.25) is 0 Å². The maximum atomic E-state index is 10.3. The largest absolute Gasteiger partial charge is 0.396 e. The van der Waals surface area contributed by atoms with Crippen LogP contribution in [-0.2, 0) is 4.74 Å². The van der Waals surface area contributed by atoms with Crippen molar-refractivity contribution in [1.82, 2.24) is 19.6 Å². The van der Waals surface area contributed by atoms with Gasteiger partial charge < -0.3 is 24.7 Å². The first-order valence-electron chi connectivity index (χ1n) is 8.36.